The molecule has 2 aliphatic heterocycles. The lowest BCUT2D eigenvalue weighted by molar-refractivity contribution is -0.151. The Labute approximate surface area is 348 Å². The summed E-state index contributed by atoms with van der Waals surface area (Å²) in [5.74, 6) is -6.81. The number of fused-ring (bicyclic) bond motifs is 3. The minimum Gasteiger partial charge on any atom is -0.488 e. The average Bonchev–Trinajstić information content (AvgIpc) is 4.09. The van der Waals surface area contributed by atoms with Crippen molar-refractivity contribution in [2.75, 3.05) is 19.6 Å². The first kappa shape index (κ1) is 41.7. The summed E-state index contributed by atoms with van der Waals surface area (Å²) in [7, 11) is -3.95. The molecule has 1 unspecified atom stereocenters. The summed E-state index contributed by atoms with van der Waals surface area (Å²) in [6.45, 7) is 8.49. The van der Waals surface area contributed by atoms with Crippen molar-refractivity contribution in [1.29, 1.82) is 0 Å². The summed E-state index contributed by atoms with van der Waals surface area (Å²) in [5, 5.41) is 2.90. The van der Waals surface area contributed by atoms with E-state index in [1.54, 1.807) is 33.0 Å². The van der Waals surface area contributed by atoms with Crippen molar-refractivity contribution >= 4 is 44.6 Å². The molecule has 4 fully saturated rings. The zero-order valence-corrected chi connectivity index (χ0v) is 35.0. The highest BCUT2D eigenvalue weighted by molar-refractivity contribution is 7.91. The predicted molar refractivity (Wildman–Crippen MR) is 219 cm³/mol. The van der Waals surface area contributed by atoms with Gasteiger partial charge in [-0.1, -0.05) is 39.0 Å². The zero-order chi connectivity index (χ0) is 42.8. The fourth-order valence-corrected chi connectivity index (χ4v) is 10.5. The van der Waals surface area contributed by atoms with Gasteiger partial charge in [-0.15, -0.1) is 6.58 Å². The number of rotatable bonds is 12. The zero-order valence-electron chi connectivity index (χ0n) is 34.2. The van der Waals surface area contributed by atoms with Gasteiger partial charge in [0.1, 0.15) is 23.4 Å². The number of aryl methyl sites for hydroxylation is 2. The molecule has 4 heterocycles. The van der Waals surface area contributed by atoms with Crippen LogP contribution in [0.1, 0.15) is 83.3 Å². The Bertz CT molecular complexity index is 2350. The van der Waals surface area contributed by atoms with Crippen LogP contribution in [-0.4, -0.2) is 100 Å². The maximum Gasteiger partial charge on any atom is 0.265 e. The molecule has 3 aromatic rings. The molecule has 0 bridgehead atoms. The first-order chi connectivity index (χ1) is 28.4. The summed E-state index contributed by atoms with van der Waals surface area (Å²) in [4.78, 5) is 68.9. The molecule has 2 saturated heterocycles. The molecule has 5 atom stereocenters. The van der Waals surface area contributed by atoms with E-state index in [4.69, 9.17) is 9.72 Å². The molecular weight excluding hydrogens is 795 g/mol. The van der Waals surface area contributed by atoms with Crippen LogP contribution in [0.3, 0.4) is 0 Å². The van der Waals surface area contributed by atoms with Crippen LogP contribution in [-0.2, 0) is 42.0 Å². The quantitative estimate of drug-likeness (QED) is 0.236. The third kappa shape index (κ3) is 8.23. The number of aromatic nitrogens is 2. The topological polar surface area (TPSA) is 168 Å². The van der Waals surface area contributed by atoms with E-state index in [-0.39, 0.29) is 45.2 Å². The van der Waals surface area contributed by atoms with Crippen molar-refractivity contribution in [3.8, 4) is 17.1 Å². The van der Waals surface area contributed by atoms with Crippen molar-refractivity contribution in [2.45, 2.75) is 114 Å². The number of amides is 4. The van der Waals surface area contributed by atoms with Gasteiger partial charge in [0.15, 0.2) is 0 Å². The van der Waals surface area contributed by atoms with Gasteiger partial charge in [-0.2, -0.15) is 0 Å². The lowest BCUT2D eigenvalue weighted by atomic mass is 9.77. The Hall–Kier alpha value is -4.99. The number of ether oxygens (including phenoxy) is 1. The number of benzene rings is 1. The SMILES string of the molecule is C=C[C@@H]1CC1(NC(=O)[C@@H]1C[C@@H](Oc2cc(-c3ccccn3)nc3c4c(ccc23)CCC4)CN1C(=O)[C@@H](CC(=O)N1CCCC(F)(F)C1)C(C)(C)C)C(=O)NS(=O)(=O)C1CC1. The summed E-state index contributed by atoms with van der Waals surface area (Å²) in [5.41, 5.74) is 1.92. The molecule has 4 amide bonds. The van der Waals surface area contributed by atoms with Gasteiger partial charge in [0.05, 0.1) is 41.2 Å². The molecule has 8 rings (SSSR count). The lowest BCUT2D eigenvalue weighted by Crippen LogP contribution is -2.57. The van der Waals surface area contributed by atoms with Crippen LogP contribution in [0.5, 0.6) is 5.75 Å². The van der Waals surface area contributed by atoms with Gasteiger partial charge in [0, 0.05) is 49.4 Å². The number of likely N-dealkylation sites (tertiary alicyclic amines) is 2. The number of pyridine rings is 2. The molecule has 3 aliphatic carbocycles. The van der Waals surface area contributed by atoms with Crippen LogP contribution in [0.15, 0.2) is 55.3 Å². The molecule has 320 valence electrons. The first-order valence-corrected chi connectivity index (χ1v) is 22.4. The van der Waals surface area contributed by atoms with Crippen LogP contribution < -0.4 is 14.8 Å². The monoisotopic (exact) mass is 846 g/mol. The summed E-state index contributed by atoms with van der Waals surface area (Å²) in [6, 6.07) is 10.2. The number of alkyl halides is 2. The van der Waals surface area contributed by atoms with Crippen LogP contribution in [0, 0.1) is 17.3 Å². The van der Waals surface area contributed by atoms with Gasteiger partial charge in [0.25, 0.3) is 11.8 Å². The molecule has 2 N–H and O–H groups in total. The highest BCUT2D eigenvalue weighted by Gasteiger charge is 2.62. The second-order valence-corrected chi connectivity index (χ2v) is 20.2. The van der Waals surface area contributed by atoms with E-state index in [1.807, 2.05) is 24.3 Å². The number of nitrogens with one attached hydrogen (secondary N) is 2. The summed E-state index contributed by atoms with van der Waals surface area (Å²) < 4.78 is 63.5. The average molecular weight is 847 g/mol. The molecule has 0 radical (unpaired) electrons. The van der Waals surface area contributed by atoms with Crippen molar-refractivity contribution in [1.82, 2.24) is 29.8 Å². The molecule has 13 nitrogen and oxygen atoms in total. The Morgan fingerprint density at radius 2 is 1.87 bits per heavy atom. The minimum absolute atomic E-state index is 0.00870. The molecular formula is C44H52F2N6O7S. The number of carbonyl (C=O) groups is 4. The van der Waals surface area contributed by atoms with E-state index < -0.39 is 86.3 Å². The molecule has 2 aromatic heterocycles. The molecule has 16 heteroatoms. The Morgan fingerprint density at radius 3 is 2.53 bits per heavy atom. The minimum atomic E-state index is -3.95. The van der Waals surface area contributed by atoms with E-state index >= 15 is 0 Å². The van der Waals surface area contributed by atoms with E-state index in [1.165, 1.54) is 16.5 Å². The van der Waals surface area contributed by atoms with Crippen molar-refractivity contribution in [3.05, 3.63) is 66.4 Å². The van der Waals surface area contributed by atoms with E-state index in [9.17, 15) is 36.4 Å². The number of hydrogen-bond donors (Lipinski definition) is 2. The largest absolute Gasteiger partial charge is 0.488 e. The van der Waals surface area contributed by atoms with Crippen LogP contribution in [0.25, 0.3) is 22.3 Å². The van der Waals surface area contributed by atoms with Gasteiger partial charge in [0.2, 0.25) is 27.7 Å². The highest BCUT2D eigenvalue weighted by atomic mass is 32.2. The smallest absolute Gasteiger partial charge is 0.265 e. The number of hydrogen-bond acceptors (Lipinski definition) is 9. The van der Waals surface area contributed by atoms with E-state index in [2.05, 4.69) is 27.7 Å². The first-order valence-electron chi connectivity index (χ1n) is 20.9. The summed E-state index contributed by atoms with van der Waals surface area (Å²) in [6.07, 6.45) is 5.62. The van der Waals surface area contributed by atoms with E-state index in [0.29, 0.717) is 30.0 Å². The number of halogens is 2. The lowest BCUT2D eigenvalue weighted by Gasteiger charge is -2.37. The Morgan fingerprint density at radius 1 is 1.08 bits per heavy atom. The maximum atomic E-state index is 14.9. The third-order valence-electron chi connectivity index (χ3n) is 12.8. The van der Waals surface area contributed by atoms with Crippen molar-refractivity contribution < 1.29 is 41.1 Å². The van der Waals surface area contributed by atoms with Gasteiger partial charge >= 0.3 is 0 Å². The van der Waals surface area contributed by atoms with Gasteiger partial charge in [-0.25, -0.2) is 22.2 Å². The van der Waals surface area contributed by atoms with Gasteiger partial charge in [-0.3, -0.25) is 28.9 Å². The number of carbonyl (C=O) groups excluding carboxylic acids is 4. The number of nitrogens with zero attached hydrogens (tertiary/aromatic N) is 4. The molecule has 1 aromatic carbocycles. The standard InChI is InChI=1S/C44H52F2N6O7S/c1-5-27-23-44(27,41(56)50-60(57,58)29-14-15-29)49-39(54)35-20-28(24-52(35)40(55)32(42(2,3)4)21-37(53)51-19-9-17-43(45,46)25-51)59-36-22-34(33-12-6-7-18-47-33)48-38-30-11-8-10-26(30)13-16-31(36)38/h5-7,12-13,16,18,22,27-29,32,35H,1,8-11,14-15,17,19-21,23-25H2,2-4H3,(H,49,54)(H,50,56)/t27-,28-,32-,35+,44?/m1/s1. The highest BCUT2D eigenvalue weighted by Crippen LogP contribution is 2.46. The molecule has 60 heavy (non-hydrogen) atoms. The normalized spacial score (nSPS) is 25.3. The van der Waals surface area contributed by atoms with Crippen LogP contribution >= 0.6 is 0 Å². The van der Waals surface area contributed by atoms with E-state index in [0.717, 1.165) is 40.6 Å². The molecule has 2 saturated carbocycles. The Balaban J connectivity index is 1.12. The fourth-order valence-electron chi connectivity index (χ4n) is 9.09. The van der Waals surface area contributed by atoms with Crippen LogP contribution in [0.2, 0.25) is 0 Å². The van der Waals surface area contributed by atoms with Crippen molar-refractivity contribution in [3.63, 3.8) is 0 Å². The Kier molecular flexibility index (Phi) is 10.8. The predicted octanol–water partition coefficient (Wildman–Crippen LogP) is 5.11. The number of piperidine rings is 1. The van der Waals surface area contributed by atoms with Crippen LogP contribution in [0.4, 0.5) is 8.78 Å². The molecule has 0 spiro atoms. The third-order valence-corrected chi connectivity index (χ3v) is 14.6. The second-order valence-electron chi connectivity index (χ2n) is 18.2. The fraction of sp³-hybridized carbons (Fsp3) is 0.545. The second kappa shape index (κ2) is 15.5. The number of sulfonamides is 1. The maximum absolute atomic E-state index is 14.9. The van der Waals surface area contributed by atoms with Gasteiger partial charge in [-0.05, 0) is 79.7 Å². The van der Waals surface area contributed by atoms with Crippen molar-refractivity contribution in [2.24, 2.45) is 17.3 Å². The summed E-state index contributed by atoms with van der Waals surface area (Å²) >= 11 is 0. The molecule has 5 aliphatic rings. The van der Waals surface area contributed by atoms with Gasteiger partial charge < -0.3 is 19.9 Å².